The number of oxime groups is 1. The number of imidazole rings is 1. The Morgan fingerprint density at radius 2 is 2.07 bits per heavy atom. The first-order valence-electron chi connectivity index (χ1n) is 4.17. The lowest BCUT2D eigenvalue weighted by Gasteiger charge is -1.98. The number of hydrogen-bond acceptors (Lipinski definition) is 3. The molecule has 2 aromatic rings. The molecule has 0 saturated heterocycles. The van der Waals surface area contributed by atoms with E-state index in [1.54, 1.807) is 12.5 Å². The van der Waals surface area contributed by atoms with Gasteiger partial charge in [-0.15, -0.1) is 0 Å². The van der Waals surface area contributed by atoms with Gasteiger partial charge < -0.3 is 9.77 Å². The molecule has 2 rings (SSSR count). The van der Waals surface area contributed by atoms with Crippen LogP contribution in [0, 0.1) is 0 Å². The van der Waals surface area contributed by atoms with E-state index in [1.807, 2.05) is 34.9 Å². The lowest BCUT2D eigenvalue weighted by atomic mass is 10.3. The predicted molar refractivity (Wildman–Crippen MR) is 52.9 cm³/mol. The Balaban J connectivity index is 2.34. The molecule has 1 N–H and O–H groups in total. The maximum absolute atomic E-state index is 8.32. The van der Waals surface area contributed by atoms with Crippen molar-refractivity contribution in [1.82, 2.24) is 9.55 Å². The van der Waals surface area contributed by atoms with Gasteiger partial charge in [0.1, 0.15) is 5.69 Å². The van der Waals surface area contributed by atoms with Crippen LogP contribution in [-0.2, 0) is 0 Å². The van der Waals surface area contributed by atoms with Crippen LogP contribution in [0.4, 0.5) is 0 Å². The molecule has 0 bridgehead atoms. The highest BCUT2D eigenvalue weighted by atomic mass is 16.4. The van der Waals surface area contributed by atoms with E-state index in [1.165, 1.54) is 6.21 Å². The Kier molecular flexibility index (Phi) is 2.27. The molecular formula is C10H9N3O. The second-order valence-electron chi connectivity index (χ2n) is 2.79. The van der Waals surface area contributed by atoms with Gasteiger partial charge in [0.25, 0.3) is 0 Å². The van der Waals surface area contributed by atoms with E-state index in [4.69, 9.17) is 5.21 Å². The van der Waals surface area contributed by atoms with Crippen molar-refractivity contribution in [1.29, 1.82) is 0 Å². The normalized spacial score (nSPS) is 10.9. The van der Waals surface area contributed by atoms with Crippen LogP contribution in [0.5, 0.6) is 0 Å². The summed E-state index contributed by atoms with van der Waals surface area (Å²) < 4.78 is 1.86. The minimum Gasteiger partial charge on any atom is -0.411 e. The number of rotatable bonds is 2. The summed E-state index contributed by atoms with van der Waals surface area (Å²) in [6, 6.07) is 9.81. The van der Waals surface area contributed by atoms with Crippen molar-refractivity contribution in [2.24, 2.45) is 5.16 Å². The minimum absolute atomic E-state index is 0.622. The summed E-state index contributed by atoms with van der Waals surface area (Å²) in [6.45, 7) is 0. The van der Waals surface area contributed by atoms with Gasteiger partial charge >= 0.3 is 0 Å². The summed E-state index contributed by atoms with van der Waals surface area (Å²) in [7, 11) is 0. The lowest BCUT2D eigenvalue weighted by molar-refractivity contribution is 0.321. The van der Waals surface area contributed by atoms with Crippen LogP contribution in [0.2, 0.25) is 0 Å². The first kappa shape index (κ1) is 8.50. The van der Waals surface area contributed by atoms with Gasteiger partial charge in [0.15, 0.2) is 0 Å². The first-order valence-corrected chi connectivity index (χ1v) is 4.17. The molecule has 14 heavy (non-hydrogen) atoms. The molecule has 0 aliphatic rings. The molecule has 0 amide bonds. The number of benzene rings is 1. The number of hydrogen-bond donors (Lipinski definition) is 1. The fraction of sp³-hybridized carbons (Fsp3) is 0. The van der Waals surface area contributed by atoms with E-state index in [0.29, 0.717) is 5.69 Å². The third kappa shape index (κ3) is 1.64. The lowest BCUT2D eigenvalue weighted by Crippen LogP contribution is -1.88. The largest absolute Gasteiger partial charge is 0.411 e. The summed E-state index contributed by atoms with van der Waals surface area (Å²) in [4.78, 5) is 4.04. The monoisotopic (exact) mass is 187 g/mol. The first-order chi connectivity index (χ1) is 6.90. The summed E-state index contributed by atoms with van der Waals surface area (Å²) in [5.74, 6) is 0. The summed E-state index contributed by atoms with van der Waals surface area (Å²) in [6.07, 6.45) is 4.75. The van der Waals surface area contributed by atoms with E-state index in [9.17, 15) is 0 Å². The third-order valence-corrected chi connectivity index (χ3v) is 1.85. The van der Waals surface area contributed by atoms with E-state index >= 15 is 0 Å². The zero-order valence-electron chi connectivity index (χ0n) is 7.41. The molecule has 70 valence electrons. The fourth-order valence-electron chi connectivity index (χ4n) is 1.21. The molecule has 1 aromatic carbocycles. The highest BCUT2D eigenvalue weighted by Crippen LogP contribution is 2.06. The second-order valence-corrected chi connectivity index (χ2v) is 2.79. The predicted octanol–water partition coefficient (Wildman–Crippen LogP) is 1.68. The maximum atomic E-state index is 8.32. The molecular weight excluding hydrogens is 178 g/mol. The van der Waals surface area contributed by atoms with Crippen LogP contribution < -0.4 is 0 Å². The highest BCUT2D eigenvalue weighted by molar-refractivity contribution is 5.76. The maximum Gasteiger partial charge on any atom is 0.103 e. The zero-order valence-corrected chi connectivity index (χ0v) is 7.41. The van der Waals surface area contributed by atoms with Crippen molar-refractivity contribution in [2.75, 3.05) is 0 Å². The van der Waals surface area contributed by atoms with Gasteiger partial charge in [-0.2, -0.15) is 0 Å². The van der Waals surface area contributed by atoms with Crippen molar-refractivity contribution in [2.45, 2.75) is 0 Å². The molecule has 0 aliphatic heterocycles. The standard InChI is InChI=1S/C10H9N3O/c14-12-6-9-7-13(8-11-9)10-4-2-1-3-5-10/h1-8,14H. The summed E-state index contributed by atoms with van der Waals surface area (Å²) >= 11 is 0. The topological polar surface area (TPSA) is 50.4 Å². The molecule has 1 aromatic heterocycles. The molecule has 0 atom stereocenters. The molecule has 1 heterocycles. The summed E-state index contributed by atoms with van der Waals surface area (Å²) in [5, 5.41) is 11.2. The van der Waals surface area contributed by atoms with Gasteiger partial charge in [0.2, 0.25) is 0 Å². The Hall–Kier alpha value is -2.10. The molecule has 0 fully saturated rings. The molecule has 4 nitrogen and oxygen atoms in total. The third-order valence-electron chi connectivity index (χ3n) is 1.85. The molecule has 0 aliphatic carbocycles. The van der Waals surface area contributed by atoms with Gasteiger partial charge in [0.05, 0.1) is 12.5 Å². The molecule has 0 saturated carbocycles. The van der Waals surface area contributed by atoms with Crippen molar-refractivity contribution >= 4 is 6.21 Å². The molecule has 0 unspecified atom stereocenters. The van der Waals surface area contributed by atoms with Crippen LogP contribution >= 0.6 is 0 Å². The zero-order chi connectivity index (χ0) is 9.80. The molecule has 0 spiro atoms. The van der Waals surface area contributed by atoms with Gasteiger partial charge in [-0.05, 0) is 12.1 Å². The van der Waals surface area contributed by atoms with Crippen LogP contribution in [0.1, 0.15) is 5.69 Å². The molecule has 4 heteroatoms. The SMILES string of the molecule is ON=Cc1cn(-c2ccccc2)cn1. The van der Waals surface area contributed by atoms with Crippen LogP contribution in [0.15, 0.2) is 48.0 Å². The van der Waals surface area contributed by atoms with Gasteiger partial charge in [-0.25, -0.2) is 4.98 Å². The van der Waals surface area contributed by atoms with Crippen molar-refractivity contribution < 1.29 is 5.21 Å². The van der Waals surface area contributed by atoms with Crippen LogP contribution in [0.3, 0.4) is 0 Å². The Labute approximate surface area is 81.1 Å². The van der Waals surface area contributed by atoms with Crippen LogP contribution in [-0.4, -0.2) is 21.0 Å². The van der Waals surface area contributed by atoms with Crippen molar-refractivity contribution in [3.05, 3.63) is 48.5 Å². The average molecular weight is 187 g/mol. The Morgan fingerprint density at radius 1 is 1.29 bits per heavy atom. The second kappa shape index (κ2) is 3.74. The number of para-hydroxylation sites is 1. The summed E-state index contributed by atoms with van der Waals surface area (Å²) in [5.41, 5.74) is 1.65. The average Bonchev–Trinajstić information content (AvgIpc) is 2.68. The van der Waals surface area contributed by atoms with Gasteiger partial charge in [-0.1, -0.05) is 23.4 Å². The van der Waals surface area contributed by atoms with Crippen LogP contribution in [0.25, 0.3) is 5.69 Å². The van der Waals surface area contributed by atoms with E-state index in [2.05, 4.69) is 10.1 Å². The Morgan fingerprint density at radius 3 is 2.79 bits per heavy atom. The minimum atomic E-state index is 0.622. The van der Waals surface area contributed by atoms with Gasteiger partial charge in [-0.3, -0.25) is 0 Å². The smallest absolute Gasteiger partial charge is 0.103 e. The van der Waals surface area contributed by atoms with E-state index in [0.717, 1.165) is 5.69 Å². The van der Waals surface area contributed by atoms with E-state index < -0.39 is 0 Å². The van der Waals surface area contributed by atoms with Gasteiger partial charge in [0, 0.05) is 11.9 Å². The van der Waals surface area contributed by atoms with Crippen molar-refractivity contribution in [3.8, 4) is 5.69 Å². The number of aromatic nitrogens is 2. The number of nitrogens with zero attached hydrogens (tertiary/aromatic N) is 3. The Bertz CT molecular complexity index is 434. The van der Waals surface area contributed by atoms with E-state index in [-0.39, 0.29) is 0 Å². The fourth-order valence-corrected chi connectivity index (χ4v) is 1.21. The van der Waals surface area contributed by atoms with Crippen molar-refractivity contribution in [3.63, 3.8) is 0 Å². The molecule has 0 radical (unpaired) electrons. The quantitative estimate of drug-likeness (QED) is 0.441. The highest BCUT2D eigenvalue weighted by Gasteiger charge is 1.97.